The van der Waals surface area contributed by atoms with Crippen molar-refractivity contribution in [2.45, 2.75) is 31.3 Å². The van der Waals surface area contributed by atoms with Gasteiger partial charge in [0, 0.05) is 31.7 Å². The van der Waals surface area contributed by atoms with Crippen LogP contribution in [0.1, 0.15) is 20.8 Å². The Morgan fingerprint density at radius 2 is 1.83 bits per heavy atom. The average Bonchev–Trinajstić information content (AvgIpc) is 2.82. The first kappa shape index (κ1) is 13.5. The molecule has 7 heteroatoms. The highest BCUT2D eigenvalue weighted by Gasteiger charge is 2.32. The molecule has 0 saturated carbocycles. The summed E-state index contributed by atoms with van der Waals surface area (Å²) in [6.45, 7) is 9.01. The Morgan fingerprint density at radius 1 is 1.22 bits per heavy atom. The van der Waals surface area contributed by atoms with Crippen molar-refractivity contribution < 1.29 is 8.42 Å². The number of aromatic amines is 1. The summed E-state index contributed by atoms with van der Waals surface area (Å²) < 4.78 is 26.0. The molecule has 0 radical (unpaired) electrons. The van der Waals surface area contributed by atoms with Crippen molar-refractivity contribution in [2.75, 3.05) is 26.2 Å². The Bertz CT molecular complexity index is 482. The zero-order valence-electron chi connectivity index (χ0n) is 11.0. The molecule has 0 aromatic carbocycles. The standard InChI is InChI=1S/C11H20N4O2S/c1-11(2,3)14-4-6-15(7-5-14)18(16,17)10-8-12-9-13-10/h8-9H,4-7H2,1-3H3,(H,12,13). The maximum absolute atomic E-state index is 12.2. The summed E-state index contributed by atoms with van der Waals surface area (Å²) in [4.78, 5) is 8.73. The maximum atomic E-state index is 12.2. The highest BCUT2D eigenvalue weighted by atomic mass is 32.2. The van der Waals surface area contributed by atoms with Crippen LogP contribution in [-0.4, -0.2) is 59.3 Å². The normalized spacial score (nSPS) is 20.2. The number of sulfonamides is 1. The number of nitrogens with zero attached hydrogens (tertiary/aromatic N) is 3. The van der Waals surface area contributed by atoms with E-state index in [2.05, 4.69) is 35.6 Å². The van der Waals surface area contributed by atoms with E-state index >= 15 is 0 Å². The predicted octanol–water partition coefficient (Wildman–Crippen LogP) is 0.515. The molecule has 102 valence electrons. The van der Waals surface area contributed by atoms with Crippen LogP contribution < -0.4 is 0 Å². The van der Waals surface area contributed by atoms with Crippen molar-refractivity contribution in [2.24, 2.45) is 0 Å². The van der Waals surface area contributed by atoms with E-state index in [0.717, 1.165) is 13.1 Å². The molecule has 1 saturated heterocycles. The second-order valence-electron chi connectivity index (χ2n) is 5.48. The zero-order valence-corrected chi connectivity index (χ0v) is 11.9. The Balaban J connectivity index is 2.07. The molecule has 0 amide bonds. The number of piperazine rings is 1. The molecule has 1 aromatic heterocycles. The number of H-pyrrole nitrogens is 1. The smallest absolute Gasteiger partial charge is 0.260 e. The molecule has 1 N–H and O–H groups in total. The zero-order chi connectivity index (χ0) is 13.4. The Kier molecular flexibility index (Phi) is 3.48. The average molecular weight is 272 g/mol. The van der Waals surface area contributed by atoms with Crippen LogP contribution in [0.25, 0.3) is 0 Å². The number of nitrogens with one attached hydrogen (secondary N) is 1. The van der Waals surface area contributed by atoms with Crippen molar-refractivity contribution in [1.29, 1.82) is 0 Å². The molecule has 18 heavy (non-hydrogen) atoms. The lowest BCUT2D eigenvalue weighted by molar-refractivity contribution is 0.0921. The molecule has 0 aliphatic carbocycles. The minimum atomic E-state index is -3.40. The van der Waals surface area contributed by atoms with Gasteiger partial charge in [-0.05, 0) is 20.8 Å². The SMILES string of the molecule is CC(C)(C)N1CCN(S(=O)(=O)c2cnc[nH]2)CC1. The van der Waals surface area contributed by atoms with Gasteiger partial charge < -0.3 is 4.98 Å². The minimum absolute atomic E-state index is 0.0871. The lowest BCUT2D eigenvalue weighted by atomic mass is 10.1. The molecule has 2 rings (SSSR count). The van der Waals surface area contributed by atoms with E-state index in [1.165, 1.54) is 16.8 Å². The number of rotatable bonds is 2. The number of hydrogen-bond donors (Lipinski definition) is 1. The maximum Gasteiger partial charge on any atom is 0.260 e. The summed E-state index contributed by atoms with van der Waals surface area (Å²) in [5, 5.41) is 0.173. The van der Waals surface area contributed by atoms with Gasteiger partial charge >= 0.3 is 0 Å². The topological polar surface area (TPSA) is 69.3 Å². The van der Waals surface area contributed by atoms with E-state index < -0.39 is 10.0 Å². The van der Waals surface area contributed by atoms with E-state index in [9.17, 15) is 8.42 Å². The molecular weight excluding hydrogens is 252 g/mol. The third kappa shape index (κ3) is 2.57. The molecule has 1 fully saturated rings. The molecule has 1 aliphatic heterocycles. The molecular formula is C11H20N4O2S. The van der Waals surface area contributed by atoms with Crippen LogP contribution in [0.4, 0.5) is 0 Å². The Labute approximate surface area is 108 Å². The third-order valence-corrected chi connectivity index (χ3v) is 5.10. The fraction of sp³-hybridized carbons (Fsp3) is 0.727. The van der Waals surface area contributed by atoms with E-state index in [4.69, 9.17) is 0 Å². The highest BCUT2D eigenvalue weighted by Crippen LogP contribution is 2.19. The summed E-state index contributed by atoms with van der Waals surface area (Å²) in [7, 11) is -3.40. The van der Waals surface area contributed by atoms with Crippen LogP contribution in [0, 0.1) is 0 Å². The van der Waals surface area contributed by atoms with Crippen LogP contribution in [0.15, 0.2) is 17.6 Å². The van der Waals surface area contributed by atoms with Gasteiger partial charge in [0.2, 0.25) is 0 Å². The molecule has 0 bridgehead atoms. The van der Waals surface area contributed by atoms with E-state index in [1.54, 1.807) is 0 Å². The monoisotopic (exact) mass is 272 g/mol. The van der Waals surface area contributed by atoms with Crippen LogP contribution in [0.2, 0.25) is 0 Å². The molecule has 0 atom stereocenters. The molecule has 0 unspecified atom stereocenters. The fourth-order valence-electron chi connectivity index (χ4n) is 2.12. The fourth-order valence-corrected chi connectivity index (χ4v) is 3.44. The lowest BCUT2D eigenvalue weighted by Gasteiger charge is -2.41. The van der Waals surface area contributed by atoms with Crippen molar-refractivity contribution >= 4 is 10.0 Å². The lowest BCUT2D eigenvalue weighted by Crippen LogP contribution is -2.54. The van der Waals surface area contributed by atoms with Crippen molar-refractivity contribution in [1.82, 2.24) is 19.2 Å². The highest BCUT2D eigenvalue weighted by molar-refractivity contribution is 7.89. The Hall–Kier alpha value is -0.920. The van der Waals surface area contributed by atoms with Gasteiger partial charge in [-0.1, -0.05) is 0 Å². The first-order valence-corrected chi connectivity index (χ1v) is 7.49. The summed E-state index contributed by atoms with van der Waals surface area (Å²) in [5.74, 6) is 0. The van der Waals surface area contributed by atoms with Crippen LogP contribution >= 0.6 is 0 Å². The molecule has 1 aromatic rings. The van der Waals surface area contributed by atoms with Gasteiger partial charge in [-0.25, -0.2) is 13.4 Å². The van der Waals surface area contributed by atoms with Crippen LogP contribution in [0.5, 0.6) is 0 Å². The second kappa shape index (κ2) is 4.64. The van der Waals surface area contributed by atoms with Gasteiger partial charge in [-0.3, -0.25) is 4.90 Å². The summed E-state index contributed by atoms with van der Waals surface area (Å²) in [5.41, 5.74) is 0.0871. The first-order chi connectivity index (χ1) is 8.32. The summed E-state index contributed by atoms with van der Waals surface area (Å²) in [6, 6.07) is 0. The Morgan fingerprint density at radius 3 is 2.28 bits per heavy atom. The van der Waals surface area contributed by atoms with Gasteiger partial charge in [-0.2, -0.15) is 4.31 Å². The van der Waals surface area contributed by atoms with Gasteiger partial charge in [0.1, 0.15) is 0 Å². The molecule has 2 heterocycles. The third-order valence-electron chi connectivity index (χ3n) is 3.28. The van der Waals surface area contributed by atoms with E-state index in [0.29, 0.717) is 13.1 Å². The molecule has 0 spiro atoms. The number of aromatic nitrogens is 2. The van der Waals surface area contributed by atoms with Gasteiger partial charge in [0.05, 0.1) is 12.5 Å². The summed E-state index contributed by atoms with van der Waals surface area (Å²) >= 11 is 0. The number of imidazole rings is 1. The van der Waals surface area contributed by atoms with Crippen LogP contribution in [0.3, 0.4) is 0 Å². The van der Waals surface area contributed by atoms with E-state index in [1.807, 2.05) is 0 Å². The second-order valence-corrected chi connectivity index (χ2v) is 7.38. The first-order valence-electron chi connectivity index (χ1n) is 6.05. The van der Waals surface area contributed by atoms with Crippen molar-refractivity contribution in [3.8, 4) is 0 Å². The van der Waals surface area contributed by atoms with E-state index in [-0.39, 0.29) is 10.6 Å². The van der Waals surface area contributed by atoms with Crippen LogP contribution in [-0.2, 0) is 10.0 Å². The van der Waals surface area contributed by atoms with Gasteiger partial charge in [0.25, 0.3) is 10.0 Å². The van der Waals surface area contributed by atoms with Gasteiger partial charge in [0.15, 0.2) is 5.03 Å². The molecule has 1 aliphatic rings. The summed E-state index contributed by atoms with van der Waals surface area (Å²) in [6.07, 6.45) is 2.74. The minimum Gasteiger partial charge on any atom is -0.335 e. The van der Waals surface area contributed by atoms with Gasteiger partial charge in [-0.15, -0.1) is 0 Å². The van der Waals surface area contributed by atoms with Crippen molar-refractivity contribution in [3.63, 3.8) is 0 Å². The number of hydrogen-bond acceptors (Lipinski definition) is 4. The van der Waals surface area contributed by atoms with Crippen molar-refractivity contribution in [3.05, 3.63) is 12.5 Å². The molecule has 6 nitrogen and oxygen atoms in total. The predicted molar refractivity (Wildman–Crippen MR) is 68.7 cm³/mol. The largest absolute Gasteiger partial charge is 0.335 e. The quantitative estimate of drug-likeness (QED) is 0.852.